The van der Waals surface area contributed by atoms with Crippen LogP contribution in [0.1, 0.15) is 52.7 Å². The molecule has 2 rings (SSSR count). The van der Waals surface area contributed by atoms with E-state index < -0.39 is 47.9 Å². The highest BCUT2D eigenvalue weighted by atomic mass is 16.5. The number of rotatable bonds is 11. The Kier molecular flexibility index (Phi) is 8.93. The summed E-state index contributed by atoms with van der Waals surface area (Å²) in [6, 6.07) is -3.01. The van der Waals surface area contributed by atoms with E-state index in [-0.39, 0.29) is 25.3 Å². The number of guanidine groups is 1. The molecule has 12 nitrogen and oxygen atoms in total. The molecule has 1 saturated carbocycles. The van der Waals surface area contributed by atoms with Gasteiger partial charge < -0.3 is 36.8 Å². The molecule has 3 amide bonds. The standard InChI is InChI=1S/C20H34N6O6/c1-32-20(31)25-14(11-12-5-2-6-12)17(28)26-10-4-8-15(26)16(27)24-13(18(29)30)7-3-9-23-19(21)22/h12-15H,2-11H2,1H3,(H,24,27)(H,25,31)(H,29,30)(H4,21,22,23)/t13-,14-,15-/m0/s1/i12D. The normalized spacial score (nSPS) is 21.3. The van der Waals surface area contributed by atoms with E-state index in [0.29, 0.717) is 38.6 Å². The lowest BCUT2D eigenvalue weighted by Crippen LogP contribution is -2.55. The number of alkyl carbamates (subject to hydrolysis) is 1. The number of methoxy groups -OCH3 is 1. The van der Waals surface area contributed by atoms with Gasteiger partial charge in [0.1, 0.15) is 18.1 Å². The summed E-state index contributed by atoms with van der Waals surface area (Å²) >= 11 is 0. The van der Waals surface area contributed by atoms with E-state index in [9.17, 15) is 24.3 Å². The SMILES string of the molecule is [2H]C1(C[C@H](NC(=O)OC)C(=O)N2CCC[C@H]2C(=O)N[C@@H](CCCN=C(N)N)C(=O)O)CCC1. The van der Waals surface area contributed by atoms with E-state index in [1.54, 1.807) is 0 Å². The predicted molar refractivity (Wildman–Crippen MR) is 115 cm³/mol. The van der Waals surface area contributed by atoms with E-state index in [1.807, 2.05) is 0 Å². The average Bonchev–Trinajstić information content (AvgIpc) is 3.23. The van der Waals surface area contributed by atoms with Crippen molar-refractivity contribution in [3.05, 3.63) is 0 Å². The molecule has 0 unspecified atom stereocenters. The van der Waals surface area contributed by atoms with Gasteiger partial charge >= 0.3 is 12.1 Å². The Morgan fingerprint density at radius 2 is 1.91 bits per heavy atom. The molecule has 12 heteroatoms. The number of carbonyl (C=O) groups excluding carboxylic acids is 3. The van der Waals surface area contributed by atoms with Crippen LogP contribution in [0, 0.1) is 5.89 Å². The number of aliphatic imine (C=N–C) groups is 1. The Bertz CT molecular complexity index is 770. The van der Waals surface area contributed by atoms with Crippen LogP contribution in [0.3, 0.4) is 0 Å². The van der Waals surface area contributed by atoms with Gasteiger partial charge in [-0.05, 0) is 38.0 Å². The van der Waals surface area contributed by atoms with Crippen LogP contribution in [0.2, 0.25) is 0 Å². The molecule has 32 heavy (non-hydrogen) atoms. The summed E-state index contributed by atoms with van der Waals surface area (Å²) in [5.41, 5.74) is 10.5. The second-order valence-corrected chi connectivity index (χ2v) is 8.03. The number of nitrogens with zero attached hydrogens (tertiary/aromatic N) is 2. The van der Waals surface area contributed by atoms with Crippen LogP contribution in [0.15, 0.2) is 4.99 Å². The van der Waals surface area contributed by atoms with E-state index >= 15 is 0 Å². The van der Waals surface area contributed by atoms with Gasteiger partial charge in [-0.2, -0.15) is 0 Å². The maximum Gasteiger partial charge on any atom is 0.407 e. The third-order valence-corrected chi connectivity index (χ3v) is 5.73. The molecule has 3 atom stereocenters. The highest BCUT2D eigenvalue weighted by Crippen LogP contribution is 2.31. The third kappa shape index (κ3) is 7.27. The molecule has 0 bridgehead atoms. The first-order chi connectivity index (χ1) is 15.6. The first-order valence-electron chi connectivity index (χ1n) is 11.3. The minimum Gasteiger partial charge on any atom is -0.480 e. The summed E-state index contributed by atoms with van der Waals surface area (Å²) in [5.74, 6) is -3.15. The molecule has 0 spiro atoms. The largest absolute Gasteiger partial charge is 0.480 e. The summed E-state index contributed by atoms with van der Waals surface area (Å²) in [7, 11) is 1.18. The number of carboxylic acid groups (broad SMARTS) is 1. The molecular weight excluding hydrogens is 420 g/mol. The zero-order valence-corrected chi connectivity index (χ0v) is 18.3. The number of ether oxygens (including phenoxy) is 1. The summed E-state index contributed by atoms with van der Waals surface area (Å²) in [6.07, 6.45) is 2.87. The highest BCUT2D eigenvalue weighted by Gasteiger charge is 2.40. The monoisotopic (exact) mass is 455 g/mol. The average molecular weight is 456 g/mol. The summed E-state index contributed by atoms with van der Waals surface area (Å²) in [6.45, 7) is 0.523. The van der Waals surface area contributed by atoms with Crippen molar-refractivity contribution < 1.29 is 30.4 Å². The zero-order chi connectivity index (χ0) is 24.6. The van der Waals surface area contributed by atoms with Crippen molar-refractivity contribution in [2.24, 2.45) is 22.4 Å². The molecule has 7 N–H and O–H groups in total. The van der Waals surface area contributed by atoms with Crippen LogP contribution in [-0.4, -0.2) is 78.2 Å². The molecule has 1 saturated heterocycles. The third-order valence-electron chi connectivity index (χ3n) is 5.73. The van der Waals surface area contributed by atoms with Crippen molar-refractivity contribution in [2.45, 2.75) is 69.5 Å². The van der Waals surface area contributed by atoms with Crippen LogP contribution in [0.4, 0.5) is 4.79 Å². The number of nitrogens with one attached hydrogen (secondary N) is 2. The van der Waals surface area contributed by atoms with E-state index in [0.717, 1.165) is 6.42 Å². The van der Waals surface area contributed by atoms with Gasteiger partial charge in [0.2, 0.25) is 11.8 Å². The lowest BCUT2D eigenvalue weighted by atomic mass is 9.80. The number of likely N-dealkylation sites (tertiary alicyclic amines) is 1. The minimum absolute atomic E-state index is 0.0995. The number of amides is 3. The van der Waals surface area contributed by atoms with Crippen molar-refractivity contribution in [3.63, 3.8) is 0 Å². The van der Waals surface area contributed by atoms with E-state index in [1.165, 1.54) is 12.0 Å². The molecule has 0 aromatic heterocycles. The fourth-order valence-electron chi connectivity index (χ4n) is 3.85. The van der Waals surface area contributed by atoms with E-state index in [4.69, 9.17) is 12.8 Å². The molecule has 1 heterocycles. The predicted octanol–water partition coefficient (Wildman–Crippen LogP) is -0.485. The fraction of sp³-hybridized carbons (Fsp3) is 0.750. The van der Waals surface area contributed by atoms with Gasteiger partial charge in [0.05, 0.1) is 7.11 Å². The maximum atomic E-state index is 13.3. The van der Waals surface area contributed by atoms with Crippen LogP contribution in [-0.2, 0) is 19.1 Å². The maximum absolute atomic E-state index is 13.3. The van der Waals surface area contributed by atoms with Crippen molar-refractivity contribution in [1.82, 2.24) is 15.5 Å². The van der Waals surface area contributed by atoms with Crippen molar-refractivity contribution in [1.29, 1.82) is 0 Å². The summed E-state index contributed by atoms with van der Waals surface area (Å²) in [5, 5.41) is 14.5. The number of aliphatic carboxylic acids is 1. The van der Waals surface area contributed by atoms with Gasteiger partial charge in [0.15, 0.2) is 5.96 Å². The highest BCUT2D eigenvalue weighted by molar-refractivity contribution is 5.93. The minimum atomic E-state index is -1.20. The first kappa shape index (κ1) is 23.6. The quantitative estimate of drug-likeness (QED) is 0.157. The summed E-state index contributed by atoms with van der Waals surface area (Å²) < 4.78 is 13.0. The van der Waals surface area contributed by atoms with Gasteiger partial charge in [-0.25, -0.2) is 9.59 Å². The molecule has 1 aliphatic heterocycles. The molecule has 2 aliphatic rings. The van der Waals surface area contributed by atoms with Crippen LogP contribution in [0.5, 0.6) is 0 Å². The van der Waals surface area contributed by atoms with Gasteiger partial charge in [-0.1, -0.05) is 19.3 Å². The molecule has 0 aromatic rings. The molecular formula is C20H34N6O6. The van der Waals surface area contributed by atoms with Crippen LogP contribution in [0.25, 0.3) is 0 Å². The Morgan fingerprint density at radius 3 is 2.47 bits per heavy atom. The Morgan fingerprint density at radius 1 is 1.19 bits per heavy atom. The van der Waals surface area contributed by atoms with Gasteiger partial charge in [0.25, 0.3) is 0 Å². The summed E-state index contributed by atoms with van der Waals surface area (Å²) in [4.78, 5) is 54.7. The number of carboxylic acids is 1. The number of hydrogen-bond acceptors (Lipinski definition) is 6. The number of hydrogen-bond donors (Lipinski definition) is 5. The van der Waals surface area contributed by atoms with Crippen molar-refractivity contribution in [2.75, 3.05) is 20.2 Å². The first-order valence-corrected chi connectivity index (χ1v) is 10.8. The second-order valence-electron chi connectivity index (χ2n) is 8.03. The number of carbonyl (C=O) groups is 4. The Labute approximate surface area is 188 Å². The Balaban J connectivity index is 2.05. The molecule has 2 fully saturated rings. The topological polar surface area (TPSA) is 189 Å². The Hall–Kier alpha value is -3.05. The lowest BCUT2D eigenvalue weighted by molar-refractivity contribution is -0.144. The lowest BCUT2D eigenvalue weighted by Gasteiger charge is -2.33. The van der Waals surface area contributed by atoms with Gasteiger partial charge in [-0.15, -0.1) is 0 Å². The second kappa shape index (κ2) is 12.1. The molecule has 180 valence electrons. The smallest absolute Gasteiger partial charge is 0.407 e. The van der Waals surface area contributed by atoms with Gasteiger partial charge in [-0.3, -0.25) is 14.6 Å². The molecule has 0 aromatic carbocycles. The molecule has 0 radical (unpaired) electrons. The van der Waals surface area contributed by atoms with Gasteiger partial charge in [0, 0.05) is 14.5 Å². The molecule has 1 aliphatic carbocycles. The van der Waals surface area contributed by atoms with Crippen LogP contribution >= 0.6 is 0 Å². The van der Waals surface area contributed by atoms with Crippen molar-refractivity contribution >= 4 is 29.8 Å². The number of nitrogens with two attached hydrogens (primary N) is 2. The zero-order valence-electron chi connectivity index (χ0n) is 19.3. The fourth-order valence-corrected chi connectivity index (χ4v) is 3.85. The van der Waals surface area contributed by atoms with Crippen molar-refractivity contribution in [3.8, 4) is 0 Å². The van der Waals surface area contributed by atoms with Crippen LogP contribution < -0.4 is 22.1 Å². The van der Waals surface area contributed by atoms with E-state index in [2.05, 4.69) is 20.4 Å².